The third kappa shape index (κ3) is 3.45. The van der Waals surface area contributed by atoms with Gasteiger partial charge in [-0.15, -0.1) is 0 Å². The highest BCUT2D eigenvalue weighted by Crippen LogP contribution is 2.36. The minimum atomic E-state index is -1.59. The Balaban J connectivity index is 2.41. The van der Waals surface area contributed by atoms with Gasteiger partial charge in [-0.2, -0.15) is 0 Å². The summed E-state index contributed by atoms with van der Waals surface area (Å²) in [5, 5.41) is 0.289. The largest absolute Gasteiger partial charge is 0.416 e. The zero-order valence-electron chi connectivity index (χ0n) is 11.4. The molecule has 0 saturated carbocycles. The lowest BCUT2D eigenvalue weighted by Crippen LogP contribution is -2.41. The minimum absolute atomic E-state index is 0.289. The summed E-state index contributed by atoms with van der Waals surface area (Å²) in [7, 11) is 0.405. The summed E-state index contributed by atoms with van der Waals surface area (Å²) in [6.45, 7) is 12.1. The topological polar surface area (TPSA) is 27.1 Å². The van der Waals surface area contributed by atoms with E-state index in [1.165, 1.54) is 0 Å². The van der Waals surface area contributed by atoms with E-state index in [0.717, 1.165) is 18.7 Å². The molecule has 1 heterocycles. The first-order valence-electron chi connectivity index (χ1n) is 5.83. The zero-order chi connectivity index (χ0) is 12.4. The molecule has 0 fully saturated rings. The highest BCUT2D eigenvalue weighted by atomic mass is 28.4. The smallest absolute Gasteiger partial charge is 0.191 e. The van der Waals surface area contributed by atoms with Crippen molar-refractivity contribution in [1.29, 1.82) is 0 Å². The van der Waals surface area contributed by atoms with Crippen molar-refractivity contribution in [3.8, 4) is 0 Å². The van der Waals surface area contributed by atoms with Gasteiger partial charge in [0.25, 0.3) is 0 Å². The fraction of sp³-hybridized carbons (Fsp3) is 0.750. The predicted molar refractivity (Wildman–Crippen MR) is 70.1 cm³/mol. The zero-order valence-corrected chi connectivity index (χ0v) is 12.4. The van der Waals surface area contributed by atoms with Crippen LogP contribution in [-0.2, 0) is 17.9 Å². The maximum atomic E-state index is 6.10. The van der Waals surface area contributed by atoms with Crippen LogP contribution in [0.5, 0.6) is 0 Å². The highest BCUT2D eigenvalue weighted by molar-refractivity contribution is 6.74. The molecule has 0 aliphatic rings. The minimum Gasteiger partial charge on any atom is -0.416 e. The Morgan fingerprint density at radius 1 is 1.38 bits per heavy atom. The summed E-state index contributed by atoms with van der Waals surface area (Å²) < 4.78 is 8.07. The Labute approximate surface area is 100.0 Å². The van der Waals surface area contributed by atoms with Crippen LogP contribution >= 0.6 is 0 Å². The summed E-state index contributed by atoms with van der Waals surface area (Å²) in [6.07, 6.45) is 4.80. The van der Waals surface area contributed by atoms with Gasteiger partial charge in [0.15, 0.2) is 8.32 Å². The van der Waals surface area contributed by atoms with Gasteiger partial charge in [-0.05, 0) is 18.1 Å². The molecule has 1 rings (SSSR count). The summed E-state index contributed by atoms with van der Waals surface area (Å²) in [5.74, 6) is 0. The van der Waals surface area contributed by atoms with E-state index in [-0.39, 0.29) is 5.04 Å². The Hall–Kier alpha value is -0.613. The molecule has 0 aliphatic carbocycles. The van der Waals surface area contributed by atoms with E-state index in [1.54, 1.807) is 0 Å². The highest BCUT2D eigenvalue weighted by Gasteiger charge is 2.36. The van der Waals surface area contributed by atoms with Crippen LogP contribution in [0.4, 0.5) is 0 Å². The molecular weight excluding hydrogens is 216 g/mol. The molecule has 0 spiro atoms. The summed E-state index contributed by atoms with van der Waals surface area (Å²) in [5.41, 5.74) is 1.11. The van der Waals surface area contributed by atoms with Crippen LogP contribution in [0.25, 0.3) is 0 Å². The first kappa shape index (κ1) is 13.5. The van der Waals surface area contributed by atoms with Crippen molar-refractivity contribution in [2.45, 2.75) is 45.3 Å². The first-order valence-corrected chi connectivity index (χ1v) is 8.74. The summed E-state index contributed by atoms with van der Waals surface area (Å²) >= 11 is 0. The van der Waals surface area contributed by atoms with Crippen LogP contribution in [0.15, 0.2) is 12.5 Å². The standard InChI is InChI=1S/C12H24N2OSi/c1-12(2,3)16(5,6)15-8-7-11-9-14(4)10-13-11/h9-10H,7-8H2,1-6H3. The summed E-state index contributed by atoms with van der Waals surface area (Å²) in [6, 6.07) is 0. The molecule has 0 N–H and O–H groups in total. The SMILES string of the molecule is Cn1cnc(CCO[Si](C)(C)C(C)(C)C)c1. The number of hydrogen-bond acceptors (Lipinski definition) is 2. The summed E-state index contributed by atoms with van der Waals surface area (Å²) in [4.78, 5) is 4.30. The fourth-order valence-corrected chi connectivity index (χ4v) is 2.27. The van der Waals surface area contributed by atoms with Crippen molar-refractivity contribution >= 4 is 8.32 Å². The Morgan fingerprint density at radius 2 is 2.00 bits per heavy atom. The van der Waals surface area contributed by atoms with E-state index in [0.29, 0.717) is 0 Å². The van der Waals surface area contributed by atoms with Crippen LogP contribution in [0.2, 0.25) is 18.1 Å². The molecule has 92 valence electrons. The average molecular weight is 240 g/mol. The molecule has 0 saturated heterocycles. The van der Waals surface area contributed by atoms with Gasteiger partial charge in [0.2, 0.25) is 0 Å². The van der Waals surface area contributed by atoms with Crippen molar-refractivity contribution in [3.63, 3.8) is 0 Å². The number of rotatable bonds is 4. The Bertz CT molecular complexity index is 339. The molecule has 0 bridgehead atoms. The quantitative estimate of drug-likeness (QED) is 0.757. The maximum absolute atomic E-state index is 6.10. The first-order chi connectivity index (χ1) is 7.22. The van der Waals surface area contributed by atoms with Gasteiger partial charge < -0.3 is 8.99 Å². The molecule has 0 unspecified atom stereocenters. The van der Waals surface area contributed by atoms with Crippen molar-refractivity contribution < 1.29 is 4.43 Å². The normalized spacial score (nSPS) is 13.1. The second kappa shape index (κ2) is 4.71. The van der Waals surface area contributed by atoms with Gasteiger partial charge in [0.1, 0.15) is 0 Å². The number of hydrogen-bond donors (Lipinski definition) is 0. The van der Waals surface area contributed by atoms with Gasteiger partial charge >= 0.3 is 0 Å². The van der Waals surface area contributed by atoms with Gasteiger partial charge in [-0.1, -0.05) is 20.8 Å². The van der Waals surface area contributed by atoms with Crippen LogP contribution in [0, 0.1) is 0 Å². The van der Waals surface area contributed by atoms with Crippen molar-refractivity contribution in [1.82, 2.24) is 9.55 Å². The van der Waals surface area contributed by atoms with Crippen molar-refractivity contribution in [2.24, 2.45) is 7.05 Å². The number of aromatic nitrogens is 2. The van der Waals surface area contributed by atoms with Gasteiger partial charge in [-0.3, -0.25) is 0 Å². The van der Waals surface area contributed by atoms with E-state index in [1.807, 2.05) is 17.9 Å². The van der Waals surface area contributed by atoms with E-state index in [9.17, 15) is 0 Å². The number of aryl methyl sites for hydroxylation is 1. The molecule has 1 aromatic rings. The third-order valence-electron chi connectivity index (χ3n) is 3.39. The van der Waals surface area contributed by atoms with Crippen molar-refractivity contribution in [2.75, 3.05) is 6.61 Å². The van der Waals surface area contributed by atoms with E-state index in [2.05, 4.69) is 45.0 Å². The third-order valence-corrected chi connectivity index (χ3v) is 7.92. The number of nitrogens with zero attached hydrogens (tertiary/aromatic N) is 2. The van der Waals surface area contributed by atoms with Crippen LogP contribution in [0.1, 0.15) is 26.5 Å². The second-order valence-electron chi connectivity index (χ2n) is 5.89. The lowest BCUT2D eigenvalue weighted by Gasteiger charge is -2.36. The predicted octanol–water partition coefficient (Wildman–Crippen LogP) is 2.98. The average Bonchev–Trinajstić information content (AvgIpc) is 2.49. The monoisotopic (exact) mass is 240 g/mol. The molecule has 0 aromatic carbocycles. The molecule has 0 atom stereocenters. The van der Waals surface area contributed by atoms with Gasteiger partial charge in [0, 0.05) is 26.3 Å². The fourth-order valence-electron chi connectivity index (χ4n) is 1.22. The Morgan fingerprint density at radius 3 is 2.44 bits per heavy atom. The maximum Gasteiger partial charge on any atom is 0.191 e. The van der Waals surface area contributed by atoms with Crippen LogP contribution < -0.4 is 0 Å². The molecule has 0 amide bonds. The van der Waals surface area contributed by atoms with Crippen LogP contribution in [0.3, 0.4) is 0 Å². The second-order valence-corrected chi connectivity index (χ2v) is 10.7. The lowest BCUT2D eigenvalue weighted by molar-refractivity contribution is 0.291. The van der Waals surface area contributed by atoms with E-state index in [4.69, 9.17) is 4.43 Å². The molecule has 4 heteroatoms. The van der Waals surface area contributed by atoms with Gasteiger partial charge in [0.05, 0.1) is 12.0 Å². The molecule has 0 radical (unpaired) electrons. The molecular formula is C12H24N2OSi. The number of imidazole rings is 1. The van der Waals surface area contributed by atoms with Crippen LogP contribution in [-0.4, -0.2) is 24.5 Å². The van der Waals surface area contributed by atoms with Gasteiger partial charge in [-0.25, -0.2) is 4.98 Å². The molecule has 3 nitrogen and oxygen atoms in total. The molecule has 1 aromatic heterocycles. The van der Waals surface area contributed by atoms with E-state index >= 15 is 0 Å². The molecule has 0 aliphatic heterocycles. The lowest BCUT2D eigenvalue weighted by atomic mass is 10.2. The van der Waals surface area contributed by atoms with E-state index < -0.39 is 8.32 Å². The Kier molecular flexibility index (Phi) is 3.96. The molecule has 16 heavy (non-hydrogen) atoms. The van der Waals surface area contributed by atoms with Crippen molar-refractivity contribution in [3.05, 3.63) is 18.2 Å².